The molecule has 0 saturated heterocycles. The summed E-state index contributed by atoms with van der Waals surface area (Å²) in [4.78, 5) is 11.0. The maximum absolute atomic E-state index is 13.1. The van der Waals surface area contributed by atoms with Gasteiger partial charge in [0, 0.05) is 24.5 Å². The number of hydrogen-bond donors (Lipinski definition) is 1. The van der Waals surface area contributed by atoms with E-state index in [1.807, 2.05) is 0 Å². The standard InChI is InChI=1S/C12H12F2O2/c13-8-5-10(12(16)11(14)6-8)7-1-3-9(15)4-2-7/h5-7,16H,1-4H2. The molecular weight excluding hydrogens is 214 g/mol. The van der Waals surface area contributed by atoms with Crippen molar-refractivity contribution in [2.45, 2.75) is 31.6 Å². The van der Waals surface area contributed by atoms with E-state index in [9.17, 15) is 18.7 Å². The molecule has 2 rings (SSSR count). The molecule has 0 bridgehead atoms. The zero-order chi connectivity index (χ0) is 11.7. The smallest absolute Gasteiger partial charge is 0.168 e. The maximum Gasteiger partial charge on any atom is 0.168 e. The molecular formula is C12H12F2O2. The van der Waals surface area contributed by atoms with Gasteiger partial charge >= 0.3 is 0 Å². The summed E-state index contributed by atoms with van der Waals surface area (Å²) in [6, 6.07) is 1.81. The summed E-state index contributed by atoms with van der Waals surface area (Å²) in [6.07, 6.45) is 1.94. The Labute approximate surface area is 91.9 Å². The zero-order valence-corrected chi connectivity index (χ0v) is 8.67. The van der Waals surface area contributed by atoms with Gasteiger partial charge in [0.2, 0.25) is 0 Å². The van der Waals surface area contributed by atoms with E-state index in [-0.39, 0.29) is 17.3 Å². The number of carbonyl (C=O) groups excluding carboxylic acids is 1. The van der Waals surface area contributed by atoms with E-state index in [1.165, 1.54) is 0 Å². The molecule has 1 aliphatic carbocycles. The van der Waals surface area contributed by atoms with E-state index in [0.717, 1.165) is 6.07 Å². The van der Waals surface area contributed by atoms with Crippen LogP contribution in [0.4, 0.5) is 8.78 Å². The van der Waals surface area contributed by atoms with Gasteiger partial charge < -0.3 is 5.11 Å². The molecule has 1 aromatic rings. The minimum atomic E-state index is -0.938. The molecule has 2 nitrogen and oxygen atoms in total. The Kier molecular flexibility index (Phi) is 2.90. The molecule has 0 unspecified atom stereocenters. The van der Waals surface area contributed by atoms with Crippen LogP contribution in [0.2, 0.25) is 0 Å². The number of Topliss-reactive ketones (excluding diaryl/α,β-unsaturated/α-hetero) is 1. The lowest BCUT2D eigenvalue weighted by atomic mass is 9.83. The van der Waals surface area contributed by atoms with Crippen molar-refractivity contribution in [3.63, 3.8) is 0 Å². The van der Waals surface area contributed by atoms with Gasteiger partial charge in [-0.3, -0.25) is 4.79 Å². The van der Waals surface area contributed by atoms with Gasteiger partial charge in [-0.25, -0.2) is 8.78 Å². The lowest BCUT2D eigenvalue weighted by Crippen LogP contribution is -2.13. The monoisotopic (exact) mass is 226 g/mol. The van der Waals surface area contributed by atoms with Gasteiger partial charge in [-0.15, -0.1) is 0 Å². The molecule has 1 fully saturated rings. The van der Waals surface area contributed by atoms with Crippen LogP contribution in [0.1, 0.15) is 37.2 Å². The van der Waals surface area contributed by atoms with Crippen LogP contribution in [0.25, 0.3) is 0 Å². The molecule has 16 heavy (non-hydrogen) atoms. The number of rotatable bonds is 1. The van der Waals surface area contributed by atoms with Gasteiger partial charge in [0.25, 0.3) is 0 Å². The molecule has 1 saturated carbocycles. The molecule has 0 spiro atoms. The van der Waals surface area contributed by atoms with Crippen molar-refractivity contribution >= 4 is 5.78 Å². The van der Waals surface area contributed by atoms with E-state index in [1.54, 1.807) is 0 Å². The number of hydrogen-bond acceptors (Lipinski definition) is 2. The van der Waals surface area contributed by atoms with Crippen LogP contribution in [0.5, 0.6) is 5.75 Å². The molecule has 0 heterocycles. The van der Waals surface area contributed by atoms with Crippen LogP contribution >= 0.6 is 0 Å². The van der Waals surface area contributed by atoms with Crippen molar-refractivity contribution in [2.75, 3.05) is 0 Å². The molecule has 0 aliphatic heterocycles. The first kappa shape index (κ1) is 11.0. The lowest BCUT2D eigenvalue weighted by Gasteiger charge is -2.22. The second-order valence-electron chi connectivity index (χ2n) is 4.14. The van der Waals surface area contributed by atoms with Gasteiger partial charge in [0.1, 0.15) is 11.6 Å². The van der Waals surface area contributed by atoms with Crippen molar-refractivity contribution in [1.29, 1.82) is 0 Å². The highest BCUT2D eigenvalue weighted by Gasteiger charge is 2.24. The third kappa shape index (κ3) is 2.05. The summed E-state index contributed by atoms with van der Waals surface area (Å²) >= 11 is 0. The number of benzene rings is 1. The Hall–Kier alpha value is -1.45. The quantitative estimate of drug-likeness (QED) is 0.799. The Balaban J connectivity index is 2.29. The number of phenols is 1. The van der Waals surface area contributed by atoms with Crippen molar-refractivity contribution in [3.8, 4) is 5.75 Å². The Morgan fingerprint density at radius 1 is 1.19 bits per heavy atom. The predicted octanol–water partition coefficient (Wildman–Crippen LogP) is 2.90. The van der Waals surface area contributed by atoms with Crippen molar-refractivity contribution in [3.05, 3.63) is 29.3 Å². The normalized spacial score (nSPS) is 17.8. The van der Waals surface area contributed by atoms with Crippen molar-refractivity contribution in [1.82, 2.24) is 0 Å². The first-order chi connectivity index (χ1) is 7.58. The van der Waals surface area contributed by atoms with E-state index in [4.69, 9.17) is 0 Å². The maximum atomic E-state index is 13.1. The number of carbonyl (C=O) groups is 1. The zero-order valence-electron chi connectivity index (χ0n) is 8.67. The highest BCUT2D eigenvalue weighted by molar-refractivity contribution is 5.79. The predicted molar refractivity (Wildman–Crippen MR) is 54.2 cm³/mol. The molecule has 0 radical (unpaired) electrons. The summed E-state index contributed by atoms with van der Waals surface area (Å²) in [5.74, 6) is -2.06. The van der Waals surface area contributed by atoms with Crippen LogP contribution in [0, 0.1) is 11.6 Å². The highest BCUT2D eigenvalue weighted by Crippen LogP contribution is 2.37. The minimum Gasteiger partial charge on any atom is -0.505 e. The van der Waals surface area contributed by atoms with Crippen LogP contribution in [0.15, 0.2) is 12.1 Å². The van der Waals surface area contributed by atoms with Gasteiger partial charge in [-0.05, 0) is 24.8 Å². The van der Waals surface area contributed by atoms with Crippen molar-refractivity contribution < 1.29 is 18.7 Å². The molecule has 1 N–H and O–H groups in total. The van der Waals surface area contributed by atoms with E-state index >= 15 is 0 Å². The Morgan fingerprint density at radius 3 is 2.44 bits per heavy atom. The van der Waals surface area contributed by atoms with E-state index in [2.05, 4.69) is 0 Å². The molecule has 0 aromatic heterocycles. The number of halogens is 2. The van der Waals surface area contributed by atoms with Crippen LogP contribution in [0.3, 0.4) is 0 Å². The second-order valence-corrected chi connectivity index (χ2v) is 4.14. The topological polar surface area (TPSA) is 37.3 Å². The SMILES string of the molecule is O=C1CCC(c2cc(F)cc(F)c2O)CC1. The Morgan fingerprint density at radius 2 is 1.81 bits per heavy atom. The molecule has 86 valence electrons. The van der Waals surface area contributed by atoms with E-state index in [0.29, 0.717) is 31.7 Å². The summed E-state index contributed by atoms with van der Waals surface area (Å²) in [7, 11) is 0. The minimum absolute atomic E-state index is 0.122. The Bertz CT molecular complexity index is 419. The second kappa shape index (κ2) is 4.20. The summed E-state index contributed by atoms with van der Waals surface area (Å²) in [5, 5.41) is 9.51. The van der Waals surface area contributed by atoms with E-state index < -0.39 is 17.4 Å². The van der Waals surface area contributed by atoms with Gasteiger partial charge in [0.15, 0.2) is 11.6 Å². The van der Waals surface area contributed by atoms with Gasteiger partial charge in [-0.2, -0.15) is 0 Å². The fraction of sp³-hybridized carbons (Fsp3) is 0.417. The summed E-state index contributed by atoms with van der Waals surface area (Å²) < 4.78 is 26.1. The fourth-order valence-corrected chi connectivity index (χ4v) is 2.15. The van der Waals surface area contributed by atoms with Gasteiger partial charge in [0.05, 0.1) is 0 Å². The average Bonchev–Trinajstić information content (AvgIpc) is 2.25. The molecule has 4 heteroatoms. The largest absolute Gasteiger partial charge is 0.505 e. The molecule has 0 atom stereocenters. The summed E-state index contributed by atoms with van der Waals surface area (Å²) in [6.45, 7) is 0. The first-order valence-corrected chi connectivity index (χ1v) is 5.27. The van der Waals surface area contributed by atoms with Gasteiger partial charge in [-0.1, -0.05) is 0 Å². The lowest BCUT2D eigenvalue weighted by molar-refractivity contribution is -0.120. The van der Waals surface area contributed by atoms with Crippen LogP contribution in [-0.4, -0.2) is 10.9 Å². The third-order valence-corrected chi connectivity index (χ3v) is 3.04. The van der Waals surface area contributed by atoms with Crippen molar-refractivity contribution in [2.24, 2.45) is 0 Å². The number of aromatic hydroxyl groups is 1. The molecule has 1 aromatic carbocycles. The third-order valence-electron chi connectivity index (χ3n) is 3.04. The molecule has 1 aliphatic rings. The number of phenolic OH excluding ortho intramolecular Hbond substituents is 1. The fourth-order valence-electron chi connectivity index (χ4n) is 2.15. The van der Waals surface area contributed by atoms with Crippen LogP contribution < -0.4 is 0 Å². The number of ketones is 1. The van der Waals surface area contributed by atoms with Crippen LogP contribution in [-0.2, 0) is 4.79 Å². The molecule has 0 amide bonds. The highest BCUT2D eigenvalue weighted by atomic mass is 19.1. The summed E-state index contributed by atoms with van der Waals surface area (Å²) in [5.41, 5.74) is 0.282. The average molecular weight is 226 g/mol. The first-order valence-electron chi connectivity index (χ1n) is 5.27.